The first-order valence-electron chi connectivity index (χ1n) is 7.14. The Balaban J connectivity index is 2.46. The van der Waals surface area contributed by atoms with Crippen molar-refractivity contribution in [3.05, 3.63) is 96.8 Å². The Kier molecular flexibility index (Phi) is 8.89. The fourth-order valence-electron chi connectivity index (χ4n) is 1.54. The molecule has 21 heavy (non-hydrogen) atoms. The molecule has 108 valence electrons. The van der Waals surface area contributed by atoms with Crippen LogP contribution >= 0.6 is 0 Å². The van der Waals surface area contributed by atoms with E-state index in [1.807, 2.05) is 80.8 Å². The lowest BCUT2D eigenvalue weighted by molar-refractivity contribution is 1.56. The summed E-state index contributed by atoms with van der Waals surface area (Å²) in [6.07, 6.45) is 24.0. The molecule has 1 N–H and O–H groups in total. The molecule has 0 aromatic heterocycles. The molecule has 0 aliphatic carbocycles. The summed E-state index contributed by atoms with van der Waals surface area (Å²) in [7, 11) is 0. The van der Waals surface area contributed by atoms with Crippen molar-refractivity contribution in [1.29, 1.82) is 0 Å². The summed E-state index contributed by atoms with van der Waals surface area (Å²) < 4.78 is 0. The van der Waals surface area contributed by atoms with Crippen LogP contribution in [0.25, 0.3) is 6.08 Å². The molecule has 1 aromatic rings. The van der Waals surface area contributed by atoms with Gasteiger partial charge in [0, 0.05) is 11.9 Å². The Morgan fingerprint density at radius 2 is 1.24 bits per heavy atom. The lowest BCUT2D eigenvalue weighted by atomic mass is 10.2. The summed E-state index contributed by atoms with van der Waals surface area (Å²) in [6, 6.07) is 8.31. The molecule has 0 aliphatic rings. The van der Waals surface area contributed by atoms with Crippen molar-refractivity contribution in [2.24, 2.45) is 0 Å². The van der Waals surface area contributed by atoms with Crippen LogP contribution in [0.5, 0.6) is 0 Å². The molecule has 0 saturated heterocycles. The first-order chi connectivity index (χ1) is 10.4. The molecule has 0 unspecified atom stereocenters. The summed E-state index contributed by atoms with van der Waals surface area (Å²) in [6.45, 7) is 4.00. The summed E-state index contributed by atoms with van der Waals surface area (Å²) in [5, 5.41) is 3.23. The second kappa shape index (κ2) is 11.3. The van der Waals surface area contributed by atoms with Crippen LogP contribution in [0.4, 0.5) is 5.69 Å². The molecule has 0 heterocycles. The monoisotopic (exact) mass is 277 g/mol. The highest BCUT2D eigenvalue weighted by molar-refractivity contribution is 5.56. The minimum Gasteiger partial charge on any atom is -0.362 e. The molecule has 0 saturated carbocycles. The SMILES string of the molecule is C\C=C/C=C\C=C\Nc1ccc(/C=C/C=C\C=C/C)cc1. The molecule has 0 aliphatic heterocycles. The van der Waals surface area contributed by atoms with Crippen LogP contribution < -0.4 is 5.32 Å². The smallest absolute Gasteiger partial charge is 0.0380 e. The molecule has 0 atom stereocenters. The maximum atomic E-state index is 3.23. The summed E-state index contributed by atoms with van der Waals surface area (Å²) in [5.74, 6) is 0. The molecule has 1 nitrogen and oxygen atoms in total. The zero-order chi connectivity index (χ0) is 15.2. The molecule has 1 aromatic carbocycles. The largest absolute Gasteiger partial charge is 0.362 e. The lowest BCUT2D eigenvalue weighted by Gasteiger charge is -2.00. The highest BCUT2D eigenvalue weighted by atomic mass is 14.8. The van der Waals surface area contributed by atoms with Crippen LogP contribution in [-0.4, -0.2) is 0 Å². The van der Waals surface area contributed by atoms with Gasteiger partial charge in [0.05, 0.1) is 0 Å². The van der Waals surface area contributed by atoms with E-state index < -0.39 is 0 Å². The quantitative estimate of drug-likeness (QED) is 0.613. The van der Waals surface area contributed by atoms with Gasteiger partial charge in [0.1, 0.15) is 0 Å². The van der Waals surface area contributed by atoms with Gasteiger partial charge in [-0.2, -0.15) is 0 Å². The first kappa shape index (κ1) is 16.5. The average molecular weight is 277 g/mol. The molecular formula is C20H23N. The molecule has 1 rings (SSSR count). The molecule has 0 spiro atoms. The van der Waals surface area contributed by atoms with Gasteiger partial charge < -0.3 is 5.32 Å². The Bertz CT molecular complexity index is 552. The van der Waals surface area contributed by atoms with E-state index in [-0.39, 0.29) is 0 Å². The molecule has 0 amide bonds. The van der Waals surface area contributed by atoms with Crippen LogP contribution in [0.2, 0.25) is 0 Å². The topological polar surface area (TPSA) is 12.0 Å². The van der Waals surface area contributed by atoms with Gasteiger partial charge in [-0.3, -0.25) is 0 Å². The molecular weight excluding hydrogens is 254 g/mol. The van der Waals surface area contributed by atoms with Crippen molar-refractivity contribution in [2.45, 2.75) is 13.8 Å². The van der Waals surface area contributed by atoms with Crippen LogP contribution in [-0.2, 0) is 0 Å². The summed E-state index contributed by atoms with van der Waals surface area (Å²) in [4.78, 5) is 0. The second-order valence-electron chi connectivity index (χ2n) is 4.31. The molecule has 1 heteroatoms. The highest BCUT2D eigenvalue weighted by Gasteiger charge is 1.88. The number of benzene rings is 1. The predicted octanol–water partition coefficient (Wildman–Crippen LogP) is 5.89. The molecule has 0 bridgehead atoms. The van der Waals surface area contributed by atoms with Gasteiger partial charge in [0.2, 0.25) is 0 Å². The van der Waals surface area contributed by atoms with Crippen LogP contribution in [0.15, 0.2) is 91.2 Å². The number of hydrogen-bond acceptors (Lipinski definition) is 1. The minimum absolute atomic E-state index is 1.08. The van der Waals surface area contributed by atoms with E-state index in [1.165, 1.54) is 5.56 Å². The number of rotatable bonds is 7. The highest BCUT2D eigenvalue weighted by Crippen LogP contribution is 2.10. The van der Waals surface area contributed by atoms with Crippen molar-refractivity contribution in [3.63, 3.8) is 0 Å². The van der Waals surface area contributed by atoms with Gasteiger partial charge >= 0.3 is 0 Å². The average Bonchev–Trinajstić information content (AvgIpc) is 2.52. The zero-order valence-corrected chi connectivity index (χ0v) is 12.7. The van der Waals surface area contributed by atoms with Crippen LogP contribution in [0.3, 0.4) is 0 Å². The summed E-state index contributed by atoms with van der Waals surface area (Å²) in [5.41, 5.74) is 2.26. The van der Waals surface area contributed by atoms with E-state index >= 15 is 0 Å². The predicted molar refractivity (Wildman–Crippen MR) is 96.1 cm³/mol. The third-order valence-electron chi connectivity index (χ3n) is 2.60. The Morgan fingerprint density at radius 1 is 0.667 bits per heavy atom. The van der Waals surface area contributed by atoms with Crippen molar-refractivity contribution in [3.8, 4) is 0 Å². The van der Waals surface area contributed by atoms with Crippen molar-refractivity contribution in [2.75, 3.05) is 5.32 Å². The normalized spacial score (nSPS) is 13.0. The zero-order valence-electron chi connectivity index (χ0n) is 12.7. The van der Waals surface area contributed by atoms with E-state index in [9.17, 15) is 0 Å². The van der Waals surface area contributed by atoms with E-state index in [2.05, 4.69) is 35.7 Å². The molecule has 0 fully saturated rings. The molecule has 0 radical (unpaired) electrons. The number of hydrogen-bond donors (Lipinski definition) is 1. The van der Waals surface area contributed by atoms with Gasteiger partial charge in [-0.1, -0.05) is 72.9 Å². The van der Waals surface area contributed by atoms with Gasteiger partial charge in [-0.05, 0) is 37.6 Å². The van der Waals surface area contributed by atoms with Gasteiger partial charge in [-0.25, -0.2) is 0 Å². The van der Waals surface area contributed by atoms with E-state index in [1.54, 1.807) is 0 Å². The number of anilines is 1. The lowest BCUT2D eigenvalue weighted by Crippen LogP contribution is -1.86. The van der Waals surface area contributed by atoms with Crippen molar-refractivity contribution >= 4 is 11.8 Å². The number of allylic oxidation sites excluding steroid dienone is 10. The Labute approximate surface area is 128 Å². The van der Waals surface area contributed by atoms with Crippen LogP contribution in [0, 0.1) is 0 Å². The van der Waals surface area contributed by atoms with Crippen molar-refractivity contribution in [1.82, 2.24) is 0 Å². The Morgan fingerprint density at radius 3 is 1.86 bits per heavy atom. The van der Waals surface area contributed by atoms with Gasteiger partial charge in [0.25, 0.3) is 0 Å². The maximum absolute atomic E-state index is 3.23. The van der Waals surface area contributed by atoms with Gasteiger partial charge in [-0.15, -0.1) is 0 Å². The summed E-state index contributed by atoms with van der Waals surface area (Å²) >= 11 is 0. The first-order valence-corrected chi connectivity index (χ1v) is 7.14. The third-order valence-corrected chi connectivity index (χ3v) is 2.60. The third kappa shape index (κ3) is 8.27. The van der Waals surface area contributed by atoms with Crippen LogP contribution in [0.1, 0.15) is 19.4 Å². The van der Waals surface area contributed by atoms with E-state index in [0.29, 0.717) is 0 Å². The maximum Gasteiger partial charge on any atom is 0.0380 e. The minimum atomic E-state index is 1.08. The van der Waals surface area contributed by atoms with E-state index in [4.69, 9.17) is 0 Å². The number of nitrogens with one attached hydrogen (secondary N) is 1. The standard InChI is InChI=1S/C20H23N/c1-3-5-7-9-11-13-19-14-16-20(17-15-19)21-18-12-10-8-6-4-2/h3-18,21H,1-2H3/b5-3-,6-4-,9-7-,10-8-,13-11+,18-12+. The van der Waals surface area contributed by atoms with Gasteiger partial charge in [0.15, 0.2) is 0 Å². The second-order valence-corrected chi connectivity index (χ2v) is 4.31. The fraction of sp³-hybridized carbons (Fsp3) is 0.100. The van der Waals surface area contributed by atoms with E-state index in [0.717, 1.165) is 5.69 Å². The van der Waals surface area contributed by atoms with Crippen molar-refractivity contribution < 1.29 is 0 Å². The Hall–Kier alpha value is -2.54. The fourth-order valence-corrected chi connectivity index (χ4v) is 1.54.